The summed E-state index contributed by atoms with van der Waals surface area (Å²) in [6.45, 7) is 0.758. The topological polar surface area (TPSA) is 68.0 Å². The Kier molecular flexibility index (Phi) is 2.95. The van der Waals surface area contributed by atoms with E-state index in [1.807, 2.05) is 18.3 Å². The van der Waals surface area contributed by atoms with Crippen LogP contribution in [0.4, 0.5) is 5.69 Å². The van der Waals surface area contributed by atoms with Crippen LogP contribution in [0.15, 0.2) is 23.3 Å². The Labute approximate surface area is 98.6 Å². The Bertz CT molecular complexity index is 473. The second-order valence-corrected chi connectivity index (χ2v) is 3.89. The quantitative estimate of drug-likeness (QED) is 0.589. The third-order valence-corrected chi connectivity index (χ3v) is 2.73. The van der Waals surface area contributed by atoms with Crippen LogP contribution in [0.1, 0.15) is 11.5 Å². The number of rotatable bonds is 3. The van der Waals surface area contributed by atoms with E-state index in [0.717, 1.165) is 12.1 Å². The zero-order valence-electron chi connectivity index (χ0n) is 9.66. The summed E-state index contributed by atoms with van der Waals surface area (Å²) in [7, 11) is 3.40. The van der Waals surface area contributed by atoms with Gasteiger partial charge in [-0.15, -0.1) is 0 Å². The van der Waals surface area contributed by atoms with Gasteiger partial charge in [0.25, 0.3) is 5.69 Å². The molecule has 1 heterocycles. The second-order valence-electron chi connectivity index (χ2n) is 3.89. The van der Waals surface area contributed by atoms with Crippen LogP contribution in [0.3, 0.4) is 0 Å². The molecule has 1 aliphatic rings. The van der Waals surface area contributed by atoms with E-state index in [9.17, 15) is 10.1 Å². The first-order valence-electron chi connectivity index (χ1n) is 5.19. The van der Waals surface area contributed by atoms with Crippen molar-refractivity contribution in [2.75, 3.05) is 20.7 Å². The number of ether oxygens (including phenoxy) is 1. The molecule has 0 bridgehead atoms. The highest BCUT2D eigenvalue weighted by atomic mass is 16.6. The van der Waals surface area contributed by atoms with E-state index < -0.39 is 4.92 Å². The molecule has 0 radical (unpaired) electrons. The summed E-state index contributed by atoms with van der Waals surface area (Å²) < 4.78 is 5.20. The van der Waals surface area contributed by atoms with Gasteiger partial charge in [0.15, 0.2) is 0 Å². The second kappa shape index (κ2) is 4.40. The summed E-state index contributed by atoms with van der Waals surface area (Å²) in [5.74, 6) is 0.654. The Morgan fingerprint density at radius 2 is 2.35 bits per heavy atom. The summed E-state index contributed by atoms with van der Waals surface area (Å²) in [4.78, 5) is 10.2. The molecule has 1 aromatic carbocycles. The van der Waals surface area contributed by atoms with Crippen LogP contribution >= 0.6 is 0 Å². The third kappa shape index (κ3) is 2.20. The zero-order valence-corrected chi connectivity index (χ0v) is 9.66. The van der Waals surface area contributed by atoms with E-state index in [2.05, 4.69) is 5.10 Å². The average molecular weight is 235 g/mol. The highest BCUT2D eigenvalue weighted by molar-refractivity contribution is 5.71. The highest BCUT2D eigenvalue weighted by Gasteiger charge is 2.22. The van der Waals surface area contributed by atoms with Crippen molar-refractivity contribution >= 4 is 11.9 Å². The minimum absolute atomic E-state index is 0.0360. The van der Waals surface area contributed by atoms with E-state index in [1.165, 1.54) is 19.2 Å². The standard InChI is InChI=1S/C11H13N3O3/c1-13-7-8(6-12-13)10-4-3-9(14(15)16)5-11(10)17-2/h3-6,8H,7H2,1-2H3. The van der Waals surface area contributed by atoms with Crippen LogP contribution in [-0.2, 0) is 0 Å². The average Bonchev–Trinajstić information content (AvgIpc) is 2.74. The van der Waals surface area contributed by atoms with Gasteiger partial charge in [-0.05, 0) is 6.07 Å². The molecule has 6 heteroatoms. The molecular formula is C11H13N3O3. The number of hydrogen-bond acceptors (Lipinski definition) is 5. The Hall–Kier alpha value is -2.11. The van der Waals surface area contributed by atoms with Gasteiger partial charge in [0.2, 0.25) is 0 Å². The van der Waals surface area contributed by atoms with Crippen LogP contribution in [0.25, 0.3) is 0 Å². The zero-order chi connectivity index (χ0) is 12.4. The molecule has 0 saturated carbocycles. The first-order valence-corrected chi connectivity index (χ1v) is 5.19. The molecule has 1 aromatic rings. The Balaban J connectivity index is 2.35. The molecule has 0 aromatic heterocycles. The van der Waals surface area contributed by atoms with Gasteiger partial charge in [-0.2, -0.15) is 5.10 Å². The molecule has 0 fully saturated rings. The Morgan fingerprint density at radius 3 is 2.88 bits per heavy atom. The van der Waals surface area contributed by atoms with Crippen molar-refractivity contribution in [2.45, 2.75) is 5.92 Å². The van der Waals surface area contributed by atoms with Gasteiger partial charge in [0.1, 0.15) is 5.75 Å². The van der Waals surface area contributed by atoms with E-state index in [1.54, 1.807) is 6.07 Å². The molecule has 1 unspecified atom stereocenters. The molecule has 1 atom stereocenters. The number of nitro groups is 1. The summed E-state index contributed by atoms with van der Waals surface area (Å²) in [5.41, 5.74) is 0.958. The molecular weight excluding hydrogens is 222 g/mol. The van der Waals surface area contributed by atoms with E-state index >= 15 is 0 Å². The lowest BCUT2D eigenvalue weighted by atomic mass is 9.99. The number of hydrazone groups is 1. The van der Waals surface area contributed by atoms with E-state index in [0.29, 0.717) is 5.75 Å². The van der Waals surface area contributed by atoms with Gasteiger partial charge < -0.3 is 4.74 Å². The molecule has 2 rings (SSSR count). The molecule has 0 aliphatic carbocycles. The van der Waals surface area contributed by atoms with Gasteiger partial charge in [-0.1, -0.05) is 0 Å². The van der Waals surface area contributed by atoms with Crippen LogP contribution in [0.2, 0.25) is 0 Å². The van der Waals surface area contributed by atoms with Gasteiger partial charge >= 0.3 is 0 Å². The number of hydrogen-bond donors (Lipinski definition) is 0. The van der Waals surface area contributed by atoms with Gasteiger partial charge in [-0.3, -0.25) is 15.1 Å². The number of nitro benzene ring substituents is 1. The van der Waals surface area contributed by atoms with Crippen LogP contribution in [0.5, 0.6) is 5.75 Å². The first-order chi connectivity index (χ1) is 8.11. The molecule has 1 aliphatic heterocycles. The number of methoxy groups -OCH3 is 1. The lowest BCUT2D eigenvalue weighted by Gasteiger charge is -2.13. The van der Waals surface area contributed by atoms with Gasteiger partial charge in [0, 0.05) is 37.4 Å². The smallest absolute Gasteiger partial charge is 0.273 e. The van der Waals surface area contributed by atoms with E-state index in [4.69, 9.17) is 4.74 Å². The lowest BCUT2D eigenvalue weighted by Crippen LogP contribution is -2.12. The molecule has 0 spiro atoms. The fourth-order valence-corrected chi connectivity index (χ4v) is 1.87. The number of non-ortho nitro benzene ring substituents is 1. The predicted octanol–water partition coefficient (Wildman–Crippen LogP) is 1.62. The summed E-state index contributed by atoms with van der Waals surface area (Å²) in [6, 6.07) is 4.66. The maximum Gasteiger partial charge on any atom is 0.273 e. The van der Waals surface area contributed by atoms with Crippen LogP contribution in [0, 0.1) is 10.1 Å². The van der Waals surface area contributed by atoms with E-state index in [-0.39, 0.29) is 11.6 Å². The lowest BCUT2D eigenvalue weighted by molar-refractivity contribution is -0.384. The molecule has 90 valence electrons. The van der Waals surface area contributed by atoms with Crippen molar-refractivity contribution in [3.8, 4) is 5.75 Å². The molecule has 17 heavy (non-hydrogen) atoms. The number of likely N-dealkylation sites (N-methyl/N-ethyl adjacent to an activating group) is 1. The van der Waals surface area contributed by atoms with Gasteiger partial charge in [-0.25, -0.2) is 0 Å². The SMILES string of the molecule is COc1cc([N+](=O)[O-])ccc1C1C=NN(C)C1. The minimum Gasteiger partial charge on any atom is -0.496 e. The van der Waals surface area contributed by atoms with Crippen molar-refractivity contribution < 1.29 is 9.66 Å². The van der Waals surface area contributed by atoms with Crippen molar-refractivity contribution in [2.24, 2.45) is 5.10 Å². The number of benzene rings is 1. The summed E-state index contributed by atoms with van der Waals surface area (Å²) >= 11 is 0. The largest absolute Gasteiger partial charge is 0.496 e. The monoisotopic (exact) mass is 235 g/mol. The normalized spacial score (nSPS) is 18.5. The van der Waals surface area contributed by atoms with Crippen LogP contribution < -0.4 is 4.74 Å². The molecule has 0 saturated heterocycles. The Morgan fingerprint density at radius 1 is 1.59 bits per heavy atom. The maximum absolute atomic E-state index is 10.7. The summed E-state index contributed by atoms with van der Waals surface area (Å²) in [5, 5.41) is 16.6. The van der Waals surface area contributed by atoms with Crippen molar-refractivity contribution in [1.29, 1.82) is 0 Å². The predicted molar refractivity (Wildman–Crippen MR) is 63.5 cm³/mol. The maximum atomic E-state index is 10.7. The van der Waals surface area contributed by atoms with Crippen LogP contribution in [-0.4, -0.2) is 36.8 Å². The number of nitrogens with zero attached hydrogens (tertiary/aromatic N) is 3. The fraction of sp³-hybridized carbons (Fsp3) is 0.364. The molecule has 0 amide bonds. The third-order valence-electron chi connectivity index (χ3n) is 2.73. The van der Waals surface area contributed by atoms with Crippen molar-refractivity contribution in [1.82, 2.24) is 5.01 Å². The van der Waals surface area contributed by atoms with Crippen molar-refractivity contribution in [3.63, 3.8) is 0 Å². The van der Waals surface area contributed by atoms with Crippen molar-refractivity contribution in [3.05, 3.63) is 33.9 Å². The minimum atomic E-state index is -0.429. The van der Waals surface area contributed by atoms with Gasteiger partial charge in [0.05, 0.1) is 18.1 Å². The molecule has 6 nitrogen and oxygen atoms in total. The first kappa shape index (κ1) is 11.4. The molecule has 0 N–H and O–H groups in total. The fourth-order valence-electron chi connectivity index (χ4n) is 1.87. The highest BCUT2D eigenvalue weighted by Crippen LogP contribution is 2.31. The summed E-state index contributed by atoms with van der Waals surface area (Å²) in [6.07, 6.45) is 1.82.